The van der Waals surface area contributed by atoms with Gasteiger partial charge >= 0.3 is 0 Å². The zero-order valence-corrected chi connectivity index (χ0v) is 22.5. The van der Waals surface area contributed by atoms with E-state index in [1.807, 2.05) is 30.3 Å². The van der Waals surface area contributed by atoms with E-state index >= 15 is 0 Å². The largest absolute Gasteiger partial charge is 0.508 e. The Labute approximate surface area is 216 Å². The van der Waals surface area contributed by atoms with Crippen molar-refractivity contribution in [3.05, 3.63) is 59.7 Å². The molecule has 0 saturated heterocycles. The third kappa shape index (κ3) is 13.1. The summed E-state index contributed by atoms with van der Waals surface area (Å²) >= 11 is 0. The zero-order chi connectivity index (χ0) is 25.0. The van der Waals surface area contributed by atoms with Crippen LogP contribution in [0.2, 0.25) is 0 Å². The summed E-state index contributed by atoms with van der Waals surface area (Å²) in [5.41, 5.74) is 2.15. The smallest absolute Gasteiger partial charge is 0.119 e. The Kier molecular flexibility index (Phi) is 16.1. The molecule has 0 spiro atoms. The molecule has 1 atom stereocenters. The maximum atomic E-state index is 10.4. The fourth-order valence-corrected chi connectivity index (χ4v) is 5.24. The number of para-hydroxylation sites is 1. The van der Waals surface area contributed by atoms with Gasteiger partial charge < -0.3 is 10.2 Å². The van der Waals surface area contributed by atoms with E-state index in [0.717, 1.165) is 17.5 Å². The number of aromatic hydroxyl groups is 2. The Morgan fingerprint density at radius 2 is 0.943 bits per heavy atom. The van der Waals surface area contributed by atoms with Crippen LogP contribution in [0.5, 0.6) is 11.5 Å². The van der Waals surface area contributed by atoms with Crippen LogP contribution in [0.25, 0.3) is 0 Å². The second-order valence-corrected chi connectivity index (χ2v) is 10.5. The molecule has 0 bridgehead atoms. The molecular formula is C33H52O2. The van der Waals surface area contributed by atoms with Crippen LogP contribution < -0.4 is 0 Å². The lowest BCUT2D eigenvalue weighted by molar-refractivity contribution is 0.459. The molecular weight excluding hydrogens is 428 g/mol. The zero-order valence-electron chi connectivity index (χ0n) is 22.5. The van der Waals surface area contributed by atoms with Gasteiger partial charge in [-0.15, -0.1) is 0 Å². The van der Waals surface area contributed by atoms with Gasteiger partial charge in [0.15, 0.2) is 0 Å². The molecule has 0 aromatic heterocycles. The highest BCUT2D eigenvalue weighted by atomic mass is 16.3. The van der Waals surface area contributed by atoms with Crippen molar-refractivity contribution in [2.75, 3.05) is 0 Å². The van der Waals surface area contributed by atoms with Crippen molar-refractivity contribution in [3.8, 4) is 11.5 Å². The van der Waals surface area contributed by atoms with Crippen LogP contribution in [0.15, 0.2) is 48.5 Å². The molecule has 0 heterocycles. The molecule has 0 aliphatic heterocycles. The van der Waals surface area contributed by atoms with Gasteiger partial charge in [-0.05, 0) is 30.2 Å². The van der Waals surface area contributed by atoms with Crippen LogP contribution in [-0.2, 0) is 0 Å². The third-order valence-electron chi connectivity index (χ3n) is 7.45. The normalized spacial score (nSPS) is 12.1. The minimum atomic E-state index is 0.179. The summed E-state index contributed by atoms with van der Waals surface area (Å²) in [6.07, 6.45) is 26.0. The molecule has 0 saturated carbocycles. The van der Waals surface area contributed by atoms with Crippen molar-refractivity contribution in [1.29, 1.82) is 0 Å². The lowest BCUT2D eigenvalue weighted by Gasteiger charge is -2.19. The van der Waals surface area contributed by atoms with Crippen LogP contribution in [0.1, 0.15) is 146 Å². The lowest BCUT2D eigenvalue weighted by atomic mass is 9.86. The average molecular weight is 481 g/mol. The SMILES string of the molecule is CCCCCCCCCCCCCCCCCCCCC(c1ccc(O)cc1)c1ccccc1O. The van der Waals surface area contributed by atoms with E-state index in [0.29, 0.717) is 5.75 Å². The van der Waals surface area contributed by atoms with Gasteiger partial charge in [0.05, 0.1) is 0 Å². The van der Waals surface area contributed by atoms with Gasteiger partial charge in [-0.1, -0.05) is 153 Å². The second-order valence-electron chi connectivity index (χ2n) is 10.5. The van der Waals surface area contributed by atoms with E-state index in [9.17, 15) is 10.2 Å². The van der Waals surface area contributed by atoms with Crippen LogP contribution in [-0.4, -0.2) is 10.2 Å². The molecule has 2 nitrogen and oxygen atoms in total. The van der Waals surface area contributed by atoms with Crippen molar-refractivity contribution in [2.45, 2.75) is 135 Å². The number of rotatable bonds is 21. The van der Waals surface area contributed by atoms with Crippen LogP contribution in [0.3, 0.4) is 0 Å². The average Bonchev–Trinajstić information content (AvgIpc) is 2.87. The Morgan fingerprint density at radius 1 is 0.514 bits per heavy atom. The summed E-state index contributed by atoms with van der Waals surface area (Å²) in [6, 6.07) is 15.2. The summed E-state index contributed by atoms with van der Waals surface area (Å²) in [4.78, 5) is 0. The fourth-order valence-electron chi connectivity index (χ4n) is 5.24. The molecule has 1 unspecified atom stereocenters. The molecule has 35 heavy (non-hydrogen) atoms. The van der Waals surface area contributed by atoms with Gasteiger partial charge in [0.1, 0.15) is 11.5 Å². The molecule has 0 aliphatic rings. The summed E-state index contributed by atoms with van der Waals surface area (Å²) < 4.78 is 0. The number of hydrogen-bond acceptors (Lipinski definition) is 2. The summed E-state index contributed by atoms with van der Waals surface area (Å²) in [7, 11) is 0. The van der Waals surface area contributed by atoms with Crippen molar-refractivity contribution >= 4 is 0 Å². The maximum absolute atomic E-state index is 10.4. The van der Waals surface area contributed by atoms with E-state index in [4.69, 9.17) is 0 Å². The minimum absolute atomic E-state index is 0.179. The first-order chi connectivity index (χ1) is 17.2. The molecule has 196 valence electrons. The highest BCUT2D eigenvalue weighted by Crippen LogP contribution is 2.35. The lowest BCUT2D eigenvalue weighted by Crippen LogP contribution is -2.02. The molecule has 0 amide bonds. The Bertz CT molecular complexity index is 752. The van der Waals surface area contributed by atoms with Crippen molar-refractivity contribution in [3.63, 3.8) is 0 Å². The molecule has 0 fully saturated rings. The molecule has 0 radical (unpaired) electrons. The van der Waals surface area contributed by atoms with Gasteiger partial charge in [0, 0.05) is 11.5 Å². The number of benzene rings is 2. The maximum Gasteiger partial charge on any atom is 0.119 e. The highest BCUT2D eigenvalue weighted by Gasteiger charge is 2.17. The van der Waals surface area contributed by atoms with E-state index in [1.165, 1.54) is 116 Å². The van der Waals surface area contributed by atoms with Crippen molar-refractivity contribution in [2.24, 2.45) is 0 Å². The Hall–Kier alpha value is -1.96. The summed E-state index contributed by atoms with van der Waals surface area (Å²) in [6.45, 7) is 2.29. The van der Waals surface area contributed by atoms with Gasteiger partial charge in [0.25, 0.3) is 0 Å². The van der Waals surface area contributed by atoms with Crippen molar-refractivity contribution < 1.29 is 10.2 Å². The monoisotopic (exact) mass is 480 g/mol. The minimum Gasteiger partial charge on any atom is -0.508 e. The third-order valence-corrected chi connectivity index (χ3v) is 7.45. The first-order valence-corrected chi connectivity index (χ1v) is 14.8. The standard InChI is InChI=1S/C33H52O2/c1-2-3-4-5-6-7-8-9-10-11-12-13-14-15-16-17-18-19-22-31(29-25-27-30(34)28-26-29)32-23-20-21-24-33(32)35/h20-21,23-28,31,34-35H,2-19,22H2,1H3. The number of phenolic OH excluding ortho intramolecular Hbond substituents is 2. The molecule has 2 aromatic rings. The molecule has 2 heteroatoms. The Balaban J connectivity index is 1.49. The molecule has 2 N–H and O–H groups in total. The van der Waals surface area contributed by atoms with Crippen molar-refractivity contribution in [1.82, 2.24) is 0 Å². The van der Waals surface area contributed by atoms with Crippen LogP contribution in [0, 0.1) is 0 Å². The van der Waals surface area contributed by atoms with Crippen LogP contribution >= 0.6 is 0 Å². The van der Waals surface area contributed by atoms with E-state index in [1.54, 1.807) is 18.2 Å². The first-order valence-electron chi connectivity index (χ1n) is 14.8. The predicted octanol–water partition coefficient (Wildman–Crippen LogP) is 10.7. The number of phenols is 2. The van der Waals surface area contributed by atoms with Crippen LogP contribution in [0.4, 0.5) is 0 Å². The van der Waals surface area contributed by atoms with Gasteiger partial charge in [-0.25, -0.2) is 0 Å². The van der Waals surface area contributed by atoms with Gasteiger partial charge in [-0.2, -0.15) is 0 Å². The first kappa shape index (κ1) is 29.3. The molecule has 2 aromatic carbocycles. The number of unbranched alkanes of at least 4 members (excludes halogenated alkanes) is 17. The number of hydrogen-bond donors (Lipinski definition) is 2. The molecule has 2 rings (SSSR count). The quantitative estimate of drug-likeness (QED) is 0.174. The van der Waals surface area contributed by atoms with E-state index in [-0.39, 0.29) is 11.7 Å². The summed E-state index contributed by atoms with van der Waals surface area (Å²) in [5.74, 6) is 0.837. The van der Waals surface area contributed by atoms with E-state index < -0.39 is 0 Å². The van der Waals surface area contributed by atoms with Gasteiger partial charge in [0.2, 0.25) is 0 Å². The van der Waals surface area contributed by atoms with E-state index in [2.05, 4.69) is 6.92 Å². The van der Waals surface area contributed by atoms with Gasteiger partial charge in [-0.3, -0.25) is 0 Å². The summed E-state index contributed by atoms with van der Waals surface area (Å²) in [5, 5.41) is 20.1. The molecule has 0 aliphatic carbocycles. The predicted molar refractivity (Wildman–Crippen MR) is 151 cm³/mol. The topological polar surface area (TPSA) is 40.5 Å². The highest BCUT2D eigenvalue weighted by molar-refractivity contribution is 5.42. The Morgan fingerprint density at radius 3 is 1.40 bits per heavy atom. The fraction of sp³-hybridized carbons (Fsp3) is 0.636. The second kappa shape index (κ2) is 19.3.